The molecule has 0 saturated carbocycles. The zero-order chi connectivity index (χ0) is 14.4. The van der Waals surface area contributed by atoms with Crippen molar-refractivity contribution in [1.82, 2.24) is 9.97 Å². The van der Waals surface area contributed by atoms with Gasteiger partial charge in [-0.2, -0.15) is 0 Å². The van der Waals surface area contributed by atoms with Gasteiger partial charge in [-0.3, -0.25) is 0 Å². The second-order valence-electron chi connectivity index (χ2n) is 5.63. The van der Waals surface area contributed by atoms with Crippen molar-refractivity contribution >= 4 is 11.6 Å². The van der Waals surface area contributed by atoms with E-state index in [9.17, 15) is 0 Å². The molecule has 0 spiro atoms. The maximum absolute atomic E-state index is 5.44. The number of nitrogens with zero attached hydrogens (tertiary/aromatic N) is 2. The van der Waals surface area contributed by atoms with Crippen molar-refractivity contribution in [2.45, 2.75) is 52.0 Å². The molecule has 1 fully saturated rings. The zero-order valence-electron chi connectivity index (χ0n) is 12.8. The van der Waals surface area contributed by atoms with E-state index in [-0.39, 0.29) is 5.54 Å². The summed E-state index contributed by atoms with van der Waals surface area (Å²) in [6.45, 7) is 9.04. The summed E-state index contributed by atoms with van der Waals surface area (Å²) in [7, 11) is 0. The first-order chi connectivity index (χ1) is 9.65. The van der Waals surface area contributed by atoms with Crippen LogP contribution >= 0.6 is 0 Å². The summed E-state index contributed by atoms with van der Waals surface area (Å²) in [6, 6.07) is 2.01. The summed E-state index contributed by atoms with van der Waals surface area (Å²) < 4.78 is 5.44. The van der Waals surface area contributed by atoms with E-state index in [1.54, 1.807) is 0 Å². The van der Waals surface area contributed by atoms with Crippen molar-refractivity contribution in [1.29, 1.82) is 0 Å². The van der Waals surface area contributed by atoms with E-state index < -0.39 is 0 Å². The molecule has 2 heterocycles. The Morgan fingerprint density at radius 3 is 2.55 bits per heavy atom. The Kier molecular flexibility index (Phi) is 5.17. The molecule has 0 aliphatic carbocycles. The van der Waals surface area contributed by atoms with E-state index in [0.29, 0.717) is 0 Å². The molecular formula is C15H26N4O. The van der Waals surface area contributed by atoms with Gasteiger partial charge in [-0.15, -0.1) is 0 Å². The van der Waals surface area contributed by atoms with Crippen LogP contribution in [-0.4, -0.2) is 35.3 Å². The lowest BCUT2D eigenvalue weighted by molar-refractivity contribution is 0.0657. The lowest BCUT2D eigenvalue weighted by Crippen LogP contribution is -2.41. The molecule has 1 aliphatic rings. The first kappa shape index (κ1) is 15.0. The number of rotatable bonds is 6. The first-order valence-corrected chi connectivity index (χ1v) is 7.63. The predicted octanol–water partition coefficient (Wildman–Crippen LogP) is 2.84. The Bertz CT molecular complexity index is 430. The standard InChI is InChI=1S/C15H26N4O/c1-4-8-16-13-11-14(18-12(5-2)17-13)19-15(3)6-9-20-10-7-15/h11H,4-10H2,1-3H3,(H2,16,17,18,19). The summed E-state index contributed by atoms with van der Waals surface area (Å²) >= 11 is 0. The normalized spacial score (nSPS) is 17.8. The fourth-order valence-electron chi connectivity index (χ4n) is 2.32. The smallest absolute Gasteiger partial charge is 0.132 e. The van der Waals surface area contributed by atoms with Crippen LogP contribution in [0.25, 0.3) is 0 Å². The molecule has 1 aromatic rings. The van der Waals surface area contributed by atoms with E-state index >= 15 is 0 Å². The predicted molar refractivity (Wildman–Crippen MR) is 82.3 cm³/mol. The van der Waals surface area contributed by atoms with Gasteiger partial charge in [0.2, 0.25) is 0 Å². The highest BCUT2D eigenvalue weighted by molar-refractivity contribution is 5.49. The van der Waals surface area contributed by atoms with Crippen molar-refractivity contribution in [3.8, 4) is 0 Å². The highest BCUT2D eigenvalue weighted by Gasteiger charge is 2.27. The maximum atomic E-state index is 5.44. The molecule has 0 aromatic carbocycles. The molecule has 0 unspecified atom stereocenters. The van der Waals surface area contributed by atoms with Crippen LogP contribution in [0.5, 0.6) is 0 Å². The number of anilines is 2. The first-order valence-electron chi connectivity index (χ1n) is 7.63. The van der Waals surface area contributed by atoms with Gasteiger partial charge < -0.3 is 15.4 Å². The maximum Gasteiger partial charge on any atom is 0.132 e. The number of aryl methyl sites for hydroxylation is 1. The quantitative estimate of drug-likeness (QED) is 0.838. The third-order valence-corrected chi connectivity index (χ3v) is 3.67. The largest absolute Gasteiger partial charge is 0.381 e. The average molecular weight is 278 g/mol. The summed E-state index contributed by atoms with van der Waals surface area (Å²) in [5, 5.41) is 6.92. The van der Waals surface area contributed by atoms with Crippen LogP contribution in [-0.2, 0) is 11.2 Å². The Hall–Kier alpha value is -1.36. The monoisotopic (exact) mass is 278 g/mol. The Labute approximate surface area is 121 Å². The summed E-state index contributed by atoms with van der Waals surface area (Å²) in [6.07, 6.45) is 3.95. The van der Waals surface area contributed by atoms with Gasteiger partial charge in [-0.05, 0) is 26.2 Å². The Balaban J connectivity index is 2.12. The van der Waals surface area contributed by atoms with E-state index in [2.05, 4.69) is 41.4 Å². The molecule has 5 nitrogen and oxygen atoms in total. The summed E-state index contributed by atoms with van der Waals surface area (Å²) in [5.74, 6) is 2.71. The molecule has 0 amide bonds. The van der Waals surface area contributed by atoms with Crippen molar-refractivity contribution in [2.24, 2.45) is 0 Å². The minimum absolute atomic E-state index is 0.0691. The van der Waals surface area contributed by atoms with Crippen LogP contribution in [0.15, 0.2) is 6.07 Å². The molecule has 1 aliphatic heterocycles. The van der Waals surface area contributed by atoms with Crippen molar-refractivity contribution < 1.29 is 4.74 Å². The molecule has 112 valence electrons. The molecule has 5 heteroatoms. The molecular weight excluding hydrogens is 252 g/mol. The minimum Gasteiger partial charge on any atom is -0.381 e. The molecule has 1 aromatic heterocycles. The van der Waals surface area contributed by atoms with Gasteiger partial charge in [0, 0.05) is 37.8 Å². The molecule has 20 heavy (non-hydrogen) atoms. The van der Waals surface area contributed by atoms with Gasteiger partial charge in [0.1, 0.15) is 17.5 Å². The van der Waals surface area contributed by atoms with Gasteiger partial charge in [0.15, 0.2) is 0 Å². The van der Waals surface area contributed by atoms with E-state index in [1.807, 2.05) is 6.07 Å². The van der Waals surface area contributed by atoms with Crippen LogP contribution < -0.4 is 10.6 Å². The van der Waals surface area contributed by atoms with Gasteiger partial charge in [0.05, 0.1) is 0 Å². The molecule has 0 atom stereocenters. The fraction of sp³-hybridized carbons (Fsp3) is 0.733. The second-order valence-corrected chi connectivity index (χ2v) is 5.63. The lowest BCUT2D eigenvalue weighted by Gasteiger charge is -2.35. The highest BCUT2D eigenvalue weighted by atomic mass is 16.5. The van der Waals surface area contributed by atoms with Crippen LogP contribution in [0, 0.1) is 0 Å². The molecule has 2 N–H and O–H groups in total. The van der Waals surface area contributed by atoms with Gasteiger partial charge in [-0.25, -0.2) is 9.97 Å². The third-order valence-electron chi connectivity index (χ3n) is 3.67. The van der Waals surface area contributed by atoms with Crippen molar-refractivity contribution in [3.05, 3.63) is 11.9 Å². The van der Waals surface area contributed by atoms with Crippen LogP contribution in [0.2, 0.25) is 0 Å². The van der Waals surface area contributed by atoms with Gasteiger partial charge in [0.25, 0.3) is 0 Å². The fourth-order valence-corrected chi connectivity index (χ4v) is 2.32. The molecule has 0 bridgehead atoms. The van der Waals surface area contributed by atoms with Crippen LogP contribution in [0.4, 0.5) is 11.6 Å². The zero-order valence-corrected chi connectivity index (χ0v) is 12.8. The van der Waals surface area contributed by atoms with Crippen molar-refractivity contribution in [3.63, 3.8) is 0 Å². The van der Waals surface area contributed by atoms with E-state index in [1.165, 1.54) is 0 Å². The van der Waals surface area contributed by atoms with Gasteiger partial charge in [-0.1, -0.05) is 13.8 Å². The minimum atomic E-state index is 0.0691. The summed E-state index contributed by atoms with van der Waals surface area (Å²) in [5.41, 5.74) is 0.0691. The SMILES string of the molecule is CCCNc1cc(NC2(C)CCOCC2)nc(CC)n1. The number of hydrogen-bond donors (Lipinski definition) is 2. The van der Waals surface area contributed by atoms with Crippen molar-refractivity contribution in [2.75, 3.05) is 30.4 Å². The number of nitrogens with one attached hydrogen (secondary N) is 2. The Morgan fingerprint density at radius 2 is 1.90 bits per heavy atom. The third kappa shape index (κ3) is 4.07. The Morgan fingerprint density at radius 1 is 1.20 bits per heavy atom. The highest BCUT2D eigenvalue weighted by Crippen LogP contribution is 2.25. The molecule has 0 radical (unpaired) electrons. The topological polar surface area (TPSA) is 59.1 Å². The van der Waals surface area contributed by atoms with E-state index in [4.69, 9.17) is 4.74 Å². The molecule has 2 rings (SSSR count). The van der Waals surface area contributed by atoms with Gasteiger partial charge >= 0.3 is 0 Å². The average Bonchev–Trinajstić information content (AvgIpc) is 2.45. The number of aromatic nitrogens is 2. The molecule has 1 saturated heterocycles. The number of hydrogen-bond acceptors (Lipinski definition) is 5. The second kappa shape index (κ2) is 6.88. The summed E-state index contributed by atoms with van der Waals surface area (Å²) in [4.78, 5) is 9.11. The number of ether oxygens (including phenoxy) is 1. The van der Waals surface area contributed by atoms with Crippen LogP contribution in [0.1, 0.15) is 45.9 Å². The van der Waals surface area contributed by atoms with Crippen LogP contribution in [0.3, 0.4) is 0 Å². The van der Waals surface area contributed by atoms with E-state index in [0.717, 1.165) is 62.9 Å². The lowest BCUT2D eigenvalue weighted by atomic mass is 9.92.